The van der Waals surface area contributed by atoms with Crippen LogP contribution in [-0.4, -0.2) is 71.3 Å². The number of amides is 1. The molecule has 12 heteroatoms. The number of hydrogen-bond acceptors (Lipinski definition) is 9. The molecule has 2 aliphatic heterocycles. The van der Waals surface area contributed by atoms with Crippen molar-refractivity contribution in [3.8, 4) is 23.0 Å². The van der Waals surface area contributed by atoms with Gasteiger partial charge in [0.25, 0.3) is 5.91 Å². The van der Waals surface area contributed by atoms with Crippen molar-refractivity contribution in [3.63, 3.8) is 0 Å². The van der Waals surface area contributed by atoms with Crippen molar-refractivity contribution in [2.24, 2.45) is 0 Å². The van der Waals surface area contributed by atoms with Gasteiger partial charge in [0.15, 0.2) is 17.5 Å². The molecule has 6 rings (SSSR count). The van der Waals surface area contributed by atoms with Crippen LogP contribution in [0.15, 0.2) is 36.8 Å². The number of hydrogen-bond donors (Lipinski definition) is 1. The molecule has 4 aromatic rings. The smallest absolute Gasteiger partial charge is 0.291 e. The molecule has 2 aliphatic rings. The lowest BCUT2D eigenvalue weighted by molar-refractivity contribution is -0.146. The molecule has 3 aromatic heterocycles. The van der Waals surface area contributed by atoms with Crippen molar-refractivity contribution >= 4 is 17.4 Å². The number of nitrogens with one attached hydrogen (secondary N) is 1. The minimum atomic E-state index is -0.716. The van der Waals surface area contributed by atoms with Crippen LogP contribution in [0.25, 0.3) is 17.2 Å². The molecule has 12 nitrogen and oxygen atoms in total. The maximum atomic E-state index is 13.5. The van der Waals surface area contributed by atoms with E-state index in [4.69, 9.17) is 4.74 Å². The highest BCUT2D eigenvalue weighted by molar-refractivity contribution is 6.38. The second-order valence-corrected chi connectivity index (χ2v) is 9.16. The van der Waals surface area contributed by atoms with Gasteiger partial charge < -0.3 is 19.5 Å². The highest BCUT2D eigenvalue weighted by Crippen LogP contribution is 2.42. The van der Waals surface area contributed by atoms with Gasteiger partial charge in [-0.15, -0.1) is 10.2 Å². The Morgan fingerprint density at radius 2 is 2.00 bits per heavy atom. The van der Waals surface area contributed by atoms with Crippen molar-refractivity contribution in [1.29, 1.82) is 0 Å². The van der Waals surface area contributed by atoms with E-state index in [1.54, 1.807) is 29.0 Å². The molecule has 1 unspecified atom stereocenters. The van der Waals surface area contributed by atoms with Crippen LogP contribution in [0, 0.1) is 13.8 Å². The Bertz CT molecular complexity index is 1540. The number of anilines is 1. The molecular weight excluding hydrogens is 474 g/mol. The van der Waals surface area contributed by atoms with Crippen LogP contribution in [0.3, 0.4) is 0 Å². The maximum absolute atomic E-state index is 13.5. The van der Waals surface area contributed by atoms with Crippen LogP contribution >= 0.6 is 0 Å². The van der Waals surface area contributed by atoms with Crippen LogP contribution in [0.2, 0.25) is 0 Å². The minimum absolute atomic E-state index is 0.216. The molecule has 0 saturated carbocycles. The highest BCUT2D eigenvalue weighted by Gasteiger charge is 2.40. The molecule has 5 heterocycles. The zero-order chi connectivity index (χ0) is 25.7. The molecule has 1 N–H and O–H groups in total. The number of aromatic nitrogens is 7. The average molecular weight is 500 g/mol. The lowest BCUT2D eigenvalue weighted by Crippen LogP contribution is -2.43. The standard InChI is InChI=1S/C25H25N9O3/c1-14-5-4-6-16(9-14)23-30-29-19-12-32(7-8-33(19)23)25(36)22(35)17-10-26-21-20(17)18(37-3)11-27-24(21)34-13-28-15(2)31-34/h4-6,9,11,13,17,26H,7-8,10,12H2,1-3H3. The summed E-state index contributed by atoms with van der Waals surface area (Å²) in [5, 5.41) is 16.2. The van der Waals surface area contributed by atoms with Crippen molar-refractivity contribution in [2.45, 2.75) is 32.9 Å². The zero-order valence-corrected chi connectivity index (χ0v) is 20.7. The lowest BCUT2D eigenvalue weighted by Gasteiger charge is -2.28. The van der Waals surface area contributed by atoms with E-state index >= 15 is 0 Å². The molecule has 0 fully saturated rings. The van der Waals surface area contributed by atoms with Gasteiger partial charge >= 0.3 is 0 Å². The maximum Gasteiger partial charge on any atom is 0.291 e. The van der Waals surface area contributed by atoms with E-state index in [0.717, 1.165) is 17.0 Å². The summed E-state index contributed by atoms with van der Waals surface area (Å²) in [5.74, 6) is 1.16. The Hall–Kier alpha value is -4.61. The molecular formula is C25H25N9O3. The first-order valence-corrected chi connectivity index (χ1v) is 12.0. The van der Waals surface area contributed by atoms with Gasteiger partial charge in [0.1, 0.15) is 17.9 Å². The van der Waals surface area contributed by atoms with E-state index in [0.29, 0.717) is 47.6 Å². The quantitative estimate of drug-likeness (QED) is 0.407. The summed E-state index contributed by atoms with van der Waals surface area (Å²) in [4.78, 5) is 37.1. The predicted octanol–water partition coefficient (Wildman–Crippen LogP) is 1.67. The number of nitrogens with zero attached hydrogens (tertiary/aromatic N) is 8. The Morgan fingerprint density at radius 3 is 2.76 bits per heavy atom. The van der Waals surface area contributed by atoms with Gasteiger partial charge in [0, 0.05) is 30.8 Å². The number of Topliss-reactive ketones (excluding diaryl/α,β-unsaturated/α-hetero) is 1. The number of benzene rings is 1. The number of carbonyl (C=O) groups excluding carboxylic acids is 2. The van der Waals surface area contributed by atoms with E-state index in [1.807, 2.05) is 29.7 Å². The van der Waals surface area contributed by atoms with Crippen LogP contribution < -0.4 is 10.1 Å². The molecule has 0 radical (unpaired) electrons. The summed E-state index contributed by atoms with van der Waals surface area (Å²) in [5.41, 5.74) is 3.31. The van der Waals surface area contributed by atoms with Gasteiger partial charge in [-0.3, -0.25) is 9.59 Å². The van der Waals surface area contributed by atoms with Gasteiger partial charge in [-0.25, -0.2) is 14.6 Å². The van der Waals surface area contributed by atoms with E-state index in [9.17, 15) is 9.59 Å². The van der Waals surface area contributed by atoms with E-state index in [2.05, 4.69) is 36.6 Å². The summed E-state index contributed by atoms with van der Waals surface area (Å²) in [6.45, 7) is 5.17. The average Bonchev–Trinajstić information content (AvgIpc) is 3.65. The molecule has 188 valence electrons. The number of ketones is 1. The molecule has 0 saturated heterocycles. The number of aryl methyl sites for hydroxylation is 2. The monoisotopic (exact) mass is 499 g/mol. The van der Waals surface area contributed by atoms with Crippen LogP contribution in [0.5, 0.6) is 5.75 Å². The highest BCUT2D eigenvalue weighted by atomic mass is 16.5. The van der Waals surface area contributed by atoms with E-state index < -0.39 is 17.6 Å². The molecule has 1 aromatic carbocycles. The largest absolute Gasteiger partial charge is 0.495 e. The molecule has 1 atom stereocenters. The fraction of sp³-hybridized carbons (Fsp3) is 0.320. The van der Waals surface area contributed by atoms with Crippen molar-refractivity contribution < 1.29 is 14.3 Å². The summed E-state index contributed by atoms with van der Waals surface area (Å²) in [6, 6.07) is 8.06. The molecule has 1 amide bonds. The first kappa shape index (κ1) is 22.8. The van der Waals surface area contributed by atoms with Gasteiger partial charge in [0.2, 0.25) is 5.78 Å². The van der Waals surface area contributed by atoms with E-state index in [1.165, 1.54) is 7.11 Å². The normalized spacial score (nSPS) is 16.2. The summed E-state index contributed by atoms with van der Waals surface area (Å²) in [6.07, 6.45) is 3.10. The van der Waals surface area contributed by atoms with Crippen molar-refractivity contribution in [3.05, 3.63) is 59.6 Å². The molecule has 0 spiro atoms. The molecule has 0 bridgehead atoms. The Morgan fingerprint density at radius 1 is 1.14 bits per heavy atom. The summed E-state index contributed by atoms with van der Waals surface area (Å²) >= 11 is 0. The Kier molecular flexibility index (Phi) is 5.43. The van der Waals surface area contributed by atoms with E-state index in [-0.39, 0.29) is 13.1 Å². The van der Waals surface area contributed by atoms with Gasteiger partial charge in [-0.2, -0.15) is 5.10 Å². The number of ether oxygens (including phenoxy) is 1. The third kappa shape index (κ3) is 3.81. The van der Waals surface area contributed by atoms with Crippen LogP contribution in [-0.2, 0) is 22.7 Å². The minimum Gasteiger partial charge on any atom is -0.495 e. The van der Waals surface area contributed by atoms with Gasteiger partial charge in [-0.05, 0) is 19.9 Å². The number of fused-ring (bicyclic) bond motifs is 2. The molecule has 0 aliphatic carbocycles. The third-order valence-corrected chi connectivity index (χ3v) is 6.78. The number of pyridine rings is 1. The first-order valence-electron chi connectivity index (χ1n) is 12.0. The van der Waals surface area contributed by atoms with Crippen molar-refractivity contribution in [1.82, 2.24) is 39.4 Å². The summed E-state index contributed by atoms with van der Waals surface area (Å²) in [7, 11) is 1.52. The number of methoxy groups -OCH3 is 1. The van der Waals surface area contributed by atoms with Crippen LogP contribution in [0.1, 0.15) is 28.7 Å². The number of carbonyl (C=O) groups is 2. The first-order chi connectivity index (χ1) is 17.9. The lowest BCUT2D eigenvalue weighted by atomic mass is 9.95. The fourth-order valence-corrected chi connectivity index (χ4v) is 4.97. The second kappa shape index (κ2) is 8.80. The fourth-order valence-electron chi connectivity index (χ4n) is 4.97. The predicted molar refractivity (Wildman–Crippen MR) is 132 cm³/mol. The van der Waals surface area contributed by atoms with Crippen LogP contribution in [0.4, 0.5) is 5.69 Å². The topological polar surface area (TPSA) is 133 Å². The number of rotatable bonds is 5. The zero-order valence-electron chi connectivity index (χ0n) is 20.7. The third-order valence-electron chi connectivity index (χ3n) is 6.78. The van der Waals surface area contributed by atoms with Gasteiger partial charge in [0.05, 0.1) is 31.5 Å². The SMILES string of the molecule is COc1cnc(-n2cnc(C)n2)c2c1C(C(=O)C(=O)N1CCn3c(nnc3-c3cccc(C)c3)C1)CN2. The summed E-state index contributed by atoms with van der Waals surface area (Å²) < 4.78 is 9.06. The Labute approximate surface area is 212 Å². The van der Waals surface area contributed by atoms with Gasteiger partial charge in [-0.1, -0.05) is 23.8 Å². The molecule has 37 heavy (non-hydrogen) atoms. The second-order valence-electron chi connectivity index (χ2n) is 9.16. The van der Waals surface area contributed by atoms with Crippen molar-refractivity contribution in [2.75, 3.05) is 25.5 Å². The Balaban J connectivity index is 1.26.